The quantitative estimate of drug-likeness (QED) is 0.794. The van der Waals surface area contributed by atoms with Crippen LogP contribution in [0.1, 0.15) is 11.1 Å². The van der Waals surface area contributed by atoms with Crippen LogP contribution in [0.15, 0.2) is 42.5 Å². The van der Waals surface area contributed by atoms with E-state index in [4.69, 9.17) is 33.0 Å². The van der Waals surface area contributed by atoms with E-state index in [0.717, 1.165) is 6.08 Å². The van der Waals surface area contributed by atoms with Crippen molar-refractivity contribution in [3.8, 4) is 5.75 Å². The van der Waals surface area contributed by atoms with Crippen LogP contribution < -0.4 is 4.74 Å². The van der Waals surface area contributed by atoms with Crippen LogP contribution in [0.25, 0.3) is 6.08 Å². The van der Waals surface area contributed by atoms with Crippen molar-refractivity contribution in [1.82, 2.24) is 0 Å². The Bertz CT molecular complexity index is 709. The van der Waals surface area contributed by atoms with Crippen LogP contribution in [0, 0.1) is 5.82 Å². The van der Waals surface area contributed by atoms with Crippen molar-refractivity contribution in [3.05, 3.63) is 69.5 Å². The van der Waals surface area contributed by atoms with Crippen LogP contribution in [0.3, 0.4) is 0 Å². The van der Waals surface area contributed by atoms with Gasteiger partial charge in [0.05, 0.1) is 5.02 Å². The Morgan fingerprint density at radius 1 is 1.27 bits per heavy atom. The average Bonchev–Trinajstić information content (AvgIpc) is 2.46. The topological polar surface area (TPSA) is 46.5 Å². The van der Waals surface area contributed by atoms with Gasteiger partial charge in [0.1, 0.15) is 18.2 Å². The first-order valence-corrected chi connectivity index (χ1v) is 6.99. The number of hydrogen-bond donors (Lipinski definition) is 1. The van der Waals surface area contributed by atoms with Crippen LogP contribution >= 0.6 is 23.2 Å². The van der Waals surface area contributed by atoms with Crippen molar-refractivity contribution in [2.45, 2.75) is 6.61 Å². The molecule has 0 amide bonds. The minimum atomic E-state index is -1.09. The van der Waals surface area contributed by atoms with Gasteiger partial charge in [0, 0.05) is 22.2 Å². The second-order valence-corrected chi connectivity index (χ2v) is 5.19. The number of hydrogen-bond acceptors (Lipinski definition) is 2. The molecule has 0 fully saturated rings. The molecule has 0 bridgehead atoms. The van der Waals surface area contributed by atoms with Gasteiger partial charge in [-0.05, 0) is 36.4 Å². The SMILES string of the molecule is O=C(O)C=Cc1cc(Cl)ccc1OCc1c(F)cccc1Cl. The standard InChI is InChI=1S/C16H11Cl2FO3/c17-11-5-6-15(10(8-11)4-7-16(20)21)22-9-12-13(18)2-1-3-14(12)19/h1-8H,9H2,(H,20,21). The number of rotatable bonds is 5. The van der Waals surface area contributed by atoms with E-state index in [1.807, 2.05) is 0 Å². The van der Waals surface area contributed by atoms with Gasteiger partial charge < -0.3 is 9.84 Å². The van der Waals surface area contributed by atoms with Crippen LogP contribution in [0.2, 0.25) is 10.0 Å². The second-order valence-electron chi connectivity index (χ2n) is 4.34. The molecular weight excluding hydrogens is 330 g/mol. The zero-order chi connectivity index (χ0) is 16.1. The number of benzene rings is 2. The van der Waals surface area contributed by atoms with E-state index in [1.54, 1.807) is 24.3 Å². The molecule has 0 saturated heterocycles. The minimum absolute atomic E-state index is 0.0823. The van der Waals surface area contributed by atoms with Gasteiger partial charge in [0.15, 0.2) is 0 Å². The molecule has 0 radical (unpaired) electrons. The summed E-state index contributed by atoms with van der Waals surface area (Å²) in [5.41, 5.74) is 0.703. The summed E-state index contributed by atoms with van der Waals surface area (Å²) in [5.74, 6) is -1.19. The normalized spacial score (nSPS) is 10.9. The first kappa shape index (κ1) is 16.3. The molecule has 114 valence electrons. The van der Waals surface area contributed by atoms with Crippen molar-refractivity contribution < 1.29 is 19.0 Å². The molecular formula is C16H11Cl2FO3. The summed E-state index contributed by atoms with van der Waals surface area (Å²) in [7, 11) is 0. The van der Waals surface area contributed by atoms with Crippen molar-refractivity contribution in [3.63, 3.8) is 0 Å². The smallest absolute Gasteiger partial charge is 0.328 e. The van der Waals surface area contributed by atoms with E-state index < -0.39 is 11.8 Å². The molecule has 0 aliphatic carbocycles. The van der Waals surface area contributed by atoms with Gasteiger partial charge in [0.25, 0.3) is 0 Å². The number of aliphatic carboxylic acids is 1. The Morgan fingerprint density at radius 2 is 2.05 bits per heavy atom. The van der Waals surface area contributed by atoms with Crippen molar-refractivity contribution in [1.29, 1.82) is 0 Å². The van der Waals surface area contributed by atoms with E-state index >= 15 is 0 Å². The number of ether oxygens (including phenoxy) is 1. The number of carboxylic acids is 1. The molecule has 0 atom stereocenters. The number of carboxylic acid groups (broad SMARTS) is 1. The molecule has 3 nitrogen and oxygen atoms in total. The molecule has 2 aromatic rings. The van der Waals surface area contributed by atoms with E-state index in [0.29, 0.717) is 16.3 Å². The van der Waals surface area contributed by atoms with Gasteiger partial charge in [-0.25, -0.2) is 9.18 Å². The predicted octanol–water partition coefficient (Wildman–Crippen LogP) is 4.81. The summed E-state index contributed by atoms with van der Waals surface area (Å²) in [4.78, 5) is 10.6. The fourth-order valence-electron chi connectivity index (χ4n) is 1.76. The second kappa shape index (κ2) is 7.29. The van der Waals surface area contributed by atoms with Crippen molar-refractivity contribution in [2.24, 2.45) is 0 Å². The lowest BCUT2D eigenvalue weighted by Crippen LogP contribution is -2.00. The van der Waals surface area contributed by atoms with Crippen LogP contribution in [0.5, 0.6) is 5.75 Å². The summed E-state index contributed by atoms with van der Waals surface area (Å²) in [6, 6.07) is 9.09. The van der Waals surface area contributed by atoms with E-state index in [1.165, 1.54) is 18.2 Å². The Morgan fingerprint density at radius 3 is 2.73 bits per heavy atom. The van der Waals surface area contributed by atoms with Crippen LogP contribution in [-0.4, -0.2) is 11.1 Å². The van der Waals surface area contributed by atoms with Crippen LogP contribution in [0.4, 0.5) is 4.39 Å². The lowest BCUT2D eigenvalue weighted by atomic mass is 10.2. The highest BCUT2D eigenvalue weighted by Gasteiger charge is 2.09. The lowest BCUT2D eigenvalue weighted by Gasteiger charge is -2.11. The third-order valence-electron chi connectivity index (χ3n) is 2.81. The average molecular weight is 341 g/mol. The highest BCUT2D eigenvalue weighted by molar-refractivity contribution is 6.31. The maximum atomic E-state index is 13.7. The Kier molecular flexibility index (Phi) is 5.41. The molecule has 2 aromatic carbocycles. The van der Waals surface area contributed by atoms with Crippen LogP contribution in [-0.2, 0) is 11.4 Å². The molecule has 1 N–H and O–H groups in total. The van der Waals surface area contributed by atoms with Gasteiger partial charge >= 0.3 is 5.97 Å². The fourth-order valence-corrected chi connectivity index (χ4v) is 2.16. The molecule has 0 spiro atoms. The van der Waals surface area contributed by atoms with Gasteiger partial charge in [-0.1, -0.05) is 29.3 Å². The summed E-state index contributed by atoms with van der Waals surface area (Å²) < 4.78 is 19.2. The molecule has 22 heavy (non-hydrogen) atoms. The zero-order valence-corrected chi connectivity index (χ0v) is 12.7. The number of halogens is 3. The lowest BCUT2D eigenvalue weighted by molar-refractivity contribution is -0.131. The van der Waals surface area contributed by atoms with E-state index in [2.05, 4.69) is 0 Å². The first-order chi connectivity index (χ1) is 10.5. The monoisotopic (exact) mass is 340 g/mol. The van der Waals surface area contributed by atoms with Crippen molar-refractivity contribution in [2.75, 3.05) is 0 Å². The molecule has 0 aliphatic rings. The van der Waals surface area contributed by atoms with E-state index in [-0.39, 0.29) is 17.2 Å². The predicted molar refractivity (Wildman–Crippen MR) is 83.9 cm³/mol. The van der Waals surface area contributed by atoms with Crippen molar-refractivity contribution >= 4 is 35.2 Å². The summed E-state index contributed by atoms with van der Waals surface area (Å²) in [5, 5.41) is 9.38. The molecule has 0 unspecified atom stereocenters. The third kappa shape index (κ3) is 4.23. The van der Waals surface area contributed by atoms with Gasteiger partial charge in [-0.15, -0.1) is 0 Å². The van der Waals surface area contributed by atoms with Gasteiger partial charge in [-0.3, -0.25) is 0 Å². The molecule has 0 aromatic heterocycles. The fraction of sp³-hybridized carbons (Fsp3) is 0.0625. The maximum absolute atomic E-state index is 13.7. The Labute approximate surface area is 136 Å². The minimum Gasteiger partial charge on any atom is -0.488 e. The summed E-state index contributed by atoms with van der Waals surface area (Å²) in [6.07, 6.45) is 2.32. The highest BCUT2D eigenvalue weighted by atomic mass is 35.5. The van der Waals surface area contributed by atoms with Gasteiger partial charge in [0.2, 0.25) is 0 Å². The molecule has 0 heterocycles. The summed E-state index contributed by atoms with van der Waals surface area (Å²) in [6.45, 7) is -0.0823. The highest BCUT2D eigenvalue weighted by Crippen LogP contribution is 2.27. The largest absolute Gasteiger partial charge is 0.488 e. The molecule has 6 heteroatoms. The maximum Gasteiger partial charge on any atom is 0.328 e. The molecule has 2 rings (SSSR count). The zero-order valence-electron chi connectivity index (χ0n) is 11.2. The van der Waals surface area contributed by atoms with Gasteiger partial charge in [-0.2, -0.15) is 0 Å². The third-order valence-corrected chi connectivity index (χ3v) is 3.40. The Balaban J connectivity index is 2.24. The number of carbonyl (C=O) groups is 1. The Hall–Kier alpha value is -2.04. The summed E-state index contributed by atoms with van der Waals surface area (Å²) >= 11 is 11.8. The molecule has 0 aliphatic heterocycles. The van der Waals surface area contributed by atoms with E-state index in [9.17, 15) is 9.18 Å². The first-order valence-electron chi connectivity index (χ1n) is 6.23. The molecule has 0 saturated carbocycles.